The van der Waals surface area contributed by atoms with Crippen LogP contribution in [0.5, 0.6) is 0 Å². The third kappa shape index (κ3) is 11.5. The van der Waals surface area contributed by atoms with E-state index in [0.717, 1.165) is 19.3 Å². The minimum Gasteiger partial charge on any atom is -0.458 e. The van der Waals surface area contributed by atoms with Gasteiger partial charge in [0.05, 0.1) is 36.7 Å². The lowest BCUT2D eigenvalue weighted by Crippen LogP contribution is -2.62. The summed E-state index contributed by atoms with van der Waals surface area (Å²) < 4.78 is 34.2. The highest BCUT2D eigenvalue weighted by Gasteiger charge is 2.56. The van der Waals surface area contributed by atoms with Gasteiger partial charge in [0.1, 0.15) is 17.5 Å². The lowest BCUT2D eigenvalue weighted by atomic mass is 9.74. The fourth-order valence-corrected chi connectivity index (χ4v) is 9.00. The Kier molecular flexibility index (Phi) is 17.7. The Bertz CT molecular complexity index is 1390. The van der Waals surface area contributed by atoms with E-state index in [9.17, 15) is 39.2 Å². The van der Waals surface area contributed by atoms with Crippen molar-refractivity contribution in [2.75, 3.05) is 0 Å². The highest BCUT2D eigenvalue weighted by molar-refractivity contribution is 5.91. The van der Waals surface area contributed by atoms with Crippen LogP contribution in [0.1, 0.15) is 121 Å². The number of carbonyl (C=O) groups is 3. The number of ketones is 2. The van der Waals surface area contributed by atoms with Gasteiger partial charge in [-0.3, -0.25) is 9.59 Å². The summed E-state index contributed by atoms with van der Waals surface area (Å²) in [6.07, 6.45) is 8.45. The van der Waals surface area contributed by atoms with Gasteiger partial charge in [0.25, 0.3) is 0 Å². The van der Waals surface area contributed by atoms with Crippen LogP contribution in [0, 0.1) is 53.3 Å². The smallest absolute Gasteiger partial charge is 0.330 e. The molecule has 11 heteroatoms. The van der Waals surface area contributed by atoms with Gasteiger partial charge < -0.3 is 34.6 Å². The molecule has 320 valence electrons. The molecule has 0 saturated carbocycles. The van der Waals surface area contributed by atoms with Gasteiger partial charge in [-0.05, 0) is 63.7 Å². The largest absolute Gasteiger partial charge is 0.458 e. The molecule has 18 atom stereocenters. The first kappa shape index (κ1) is 48.1. The monoisotopic (exact) mass is 793 g/mol. The van der Waals surface area contributed by atoms with Gasteiger partial charge in [-0.15, -0.1) is 0 Å². The van der Waals surface area contributed by atoms with Crippen LogP contribution < -0.4 is 0 Å². The number of esters is 1. The fourth-order valence-electron chi connectivity index (χ4n) is 9.00. The van der Waals surface area contributed by atoms with E-state index in [1.54, 1.807) is 13.8 Å². The SMILES string of the molecule is CC[C@H]1/C=C/C=C/C[C@@H](C)[C@H](O)[C@@](C)(O)C(=O)[C@@H](C)[C@H](O)[C@@H](C)C(=O)[C@@H](C)[C@H](O)[C@@H](C)/C=C/C(=O)O[C@@H]2[C@H](C)[C@H](CC1)O[C@]1(CC[C@H](C)[C@H](C[C@@H](C)F)O1)[C@H]2C. The Morgan fingerprint density at radius 3 is 2.12 bits per heavy atom. The molecular formula is C45H73FO10. The minimum atomic E-state index is -2.19. The van der Waals surface area contributed by atoms with Crippen molar-refractivity contribution in [3.05, 3.63) is 36.5 Å². The second-order valence-corrected chi connectivity index (χ2v) is 17.9. The first-order valence-corrected chi connectivity index (χ1v) is 21.2. The number of alkyl halides is 1. The zero-order chi connectivity index (χ0) is 42.3. The molecule has 0 radical (unpaired) electrons. The van der Waals surface area contributed by atoms with Gasteiger partial charge in [-0.1, -0.05) is 92.7 Å². The third-order valence-electron chi connectivity index (χ3n) is 13.4. The molecule has 2 bridgehead atoms. The summed E-state index contributed by atoms with van der Waals surface area (Å²) in [5, 5.41) is 44.7. The number of halogens is 1. The number of allylic oxidation sites excluding steroid dienone is 4. The summed E-state index contributed by atoms with van der Waals surface area (Å²) in [5.74, 6) is -7.57. The molecule has 2 fully saturated rings. The topological polar surface area (TPSA) is 160 Å². The van der Waals surface area contributed by atoms with Gasteiger partial charge >= 0.3 is 5.97 Å². The van der Waals surface area contributed by atoms with Gasteiger partial charge in [-0.25, -0.2) is 9.18 Å². The Balaban J connectivity index is 1.99. The third-order valence-corrected chi connectivity index (χ3v) is 13.4. The van der Waals surface area contributed by atoms with E-state index in [-0.39, 0.29) is 42.3 Å². The van der Waals surface area contributed by atoms with Gasteiger partial charge in [0.2, 0.25) is 0 Å². The number of carbonyl (C=O) groups excluding carboxylic acids is 3. The normalized spacial score (nSPS) is 46.8. The maximum absolute atomic E-state index is 14.3. The van der Waals surface area contributed by atoms with Gasteiger partial charge in [0, 0.05) is 54.4 Å². The van der Waals surface area contributed by atoms with Gasteiger partial charge in [0.15, 0.2) is 11.6 Å². The van der Waals surface area contributed by atoms with Crippen molar-refractivity contribution in [2.24, 2.45) is 53.3 Å². The first-order chi connectivity index (χ1) is 26.1. The maximum Gasteiger partial charge on any atom is 0.330 e. The molecule has 0 aromatic carbocycles. The van der Waals surface area contributed by atoms with Crippen LogP contribution in [0.2, 0.25) is 0 Å². The van der Waals surface area contributed by atoms with E-state index in [2.05, 4.69) is 19.9 Å². The molecule has 0 unspecified atom stereocenters. The Morgan fingerprint density at radius 2 is 1.50 bits per heavy atom. The molecule has 3 heterocycles. The van der Waals surface area contributed by atoms with Crippen LogP contribution in [0.25, 0.3) is 0 Å². The van der Waals surface area contributed by atoms with Crippen molar-refractivity contribution in [1.82, 2.24) is 0 Å². The summed E-state index contributed by atoms with van der Waals surface area (Å²) in [4.78, 5) is 40.5. The molecule has 4 N–H and O–H groups in total. The Labute approximate surface area is 335 Å². The van der Waals surface area contributed by atoms with Crippen molar-refractivity contribution in [1.29, 1.82) is 0 Å². The molecule has 3 aliphatic heterocycles. The van der Waals surface area contributed by atoms with Crippen LogP contribution in [0.3, 0.4) is 0 Å². The standard InChI is InChI=1S/C45H73FO10/c1-12-34-17-15-13-14-16-27(4)42(51)44(11,53)43(52)32(9)40(50)31(8)39(49)30(7)38(48)26(3)18-21-37(47)54-41-29(6)35(20-19-34)55-45(33(41)10)23-22-25(2)36(56-45)24-28(5)46/h13-15,17-18,21,25-36,38,40-42,48,50-51,53H,12,16,19-20,22-24H2,1-11H3/b14-13+,17-15+,21-18+/t25-,26-,27+,28+,29+,30-,31-,32-,33-,34-,35-,36-,38+,40+,41+,42-,44+,45-/m0/s1. The molecule has 0 aromatic heterocycles. The van der Waals surface area contributed by atoms with Crippen molar-refractivity contribution in [2.45, 2.75) is 175 Å². The zero-order valence-electron chi connectivity index (χ0n) is 35.8. The van der Waals surface area contributed by atoms with Crippen molar-refractivity contribution >= 4 is 17.5 Å². The van der Waals surface area contributed by atoms with Crippen molar-refractivity contribution in [3.63, 3.8) is 0 Å². The zero-order valence-corrected chi connectivity index (χ0v) is 35.8. The van der Waals surface area contributed by atoms with Crippen molar-refractivity contribution in [3.8, 4) is 0 Å². The second kappa shape index (κ2) is 20.6. The minimum absolute atomic E-state index is 0.139. The number of rotatable bonds is 3. The van der Waals surface area contributed by atoms with E-state index >= 15 is 0 Å². The van der Waals surface area contributed by atoms with Crippen LogP contribution in [0.15, 0.2) is 36.5 Å². The number of fused-ring (bicyclic) bond motifs is 2. The number of hydrogen-bond donors (Lipinski definition) is 4. The summed E-state index contributed by atoms with van der Waals surface area (Å²) in [6.45, 7) is 18.7. The predicted molar refractivity (Wildman–Crippen MR) is 214 cm³/mol. The number of hydrogen-bond acceptors (Lipinski definition) is 10. The molecule has 2 saturated heterocycles. The van der Waals surface area contributed by atoms with Crippen LogP contribution in [-0.4, -0.2) is 92.1 Å². The molecule has 1 spiro atoms. The first-order valence-electron chi connectivity index (χ1n) is 21.2. The molecule has 56 heavy (non-hydrogen) atoms. The molecule has 3 rings (SSSR count). The lowest BCUT2D eigenvalue weighted by molar-refractivity contribution is -0.370. The number of ether oxygens (including phenoxy) is 3. The maximum atomic E-state index is 14.3. The molecule has 0 aromatic rings. The summed E-state index contributed by atoms with van der Waals surface area (Å²) in [7, 11) is 0. The highest BCUT2D eigenvalue weighted by Crippen LogP contribution is 2.49. The summed E-state index contributed by atoms with van der Waals surface area (Å²) >= 11 is 0. The number of aliphatic hydroxyl groups is 4. The average molecular weight is 793 g/mol. The Morgan fingerprint density at radius 1 is 0.857 bits per heavy atom. The quantitative estimate of drug-likeness (QED) is 0.223. The number of aliphatic hydroxyl groups excluding tert-OH is 3. The second-order valence-electron chi connectivity index (χ2n) is 17.9. The highest BCUT2D eigenvalue weighted by atomic mass is 19.1. The van der Waals surface area contributed by atoms with Crippen molar-refractivity contribution < 1.29 is 53.4 Å². The average Bonchev–Trinajstić information content (AvgIpc) is 3.16. The van der Waals surface area contributed by atoms with Crippen LogP contribution in [-0.2, 0) is 28.6 Å². The molecular weight excluding hydrogens is 719 g/mol. The van der Waals surface area contributed by atoms with E-state index in [1.807, 2.05) is 32.1 Å². The molecule has 0 amide bonds. The van der Waals surface area contributed by atoms with E-state index < -0.39 is 89.1 Å². The molecule has 3 aliphatic rings. The van der Waals surface area contributed by atoms with E-state index in [1.165, 1.54) is 46.8 Å². The van der Waals surface area contributed by atoms with Gasteiger partial charge in [-0.2, -0.15) is 0 Å². The fraction of sp³-hybridized carbons (Fsp3) is 0.800. The Hall–Kier alpha value is -2.28. The molecule has 0 aliphatic carbocycles. The van der Waals surface area contributed by atoms with E-state index in [4.69, 9.17) is 14.2 Å². The predicted octanol–water partition coefficient (Wildman–Crippen LogP) is 6.86. The summed E-state index contributed by atoms with van der Waals surface area (Å²) in [5.41, 5.74) is -2.19. The molecule has 10 nitrogen and oxygen atoms in total. The van der Waals surface area contributed by atoms with Crippen LogP contribution in [0.4, 0.5) is 4.39 Å². The summed E-state index contributed by atoms with van der Waals surface area (Å²) in [6, 6.07) is 0. The van der Waals surface area contributed by atoms with E-state index in [0.29, 0.717) is 19.3 Å². The number of Topliss-reactive ketones (excluding diaryl/α,β-unsaturated/α-hetero) is 2. The van der Waals surface area contributed by atoms with Crippen LogP contribution >= 0.6 is 0 Å². The lowest BCUT2D eigenvalue weighted by Gasteiger charge is -2.55.